The molecule has 0 saturated heterocycles. The molecule has 4 rings (SSSR count). The number of nitrogens with one attached hydrogen (secondary N) is 1. The van der Waals surface area contributed by atoms with Gasteiger partial charge in [-0.1, -0.05) is 30.3 Å². The minimum Gasteiger partial charge on any atom is -0.390 e. The van der Waals surface area contributed by atoms with E-state index in [9.17, 15) is 22.7 Å². The lowest BCUT2D eigenvalue weighted by molar-refractivity contribution is 0.0501. The molecular weight excluding hydrogens is 467 g/mol. The summed E-state index contributed by atoms with van der Waals surface area (Å²) in [4.78, 5) is 21.0. The number of rotatable bonds is 9. The normalized spacial score (nSPS) is 22.6. The van der Waals surface area contributed by atoms with E-state index >= 15 is 0 Å². The van der Waals surface area contributed by atoms with E-state index in [2.05, 4.69) is 24.6 Å². The lowest BCUT2D eigenvalue weighted by atomic mass is 10.1. The number of benzene rings is 1. The standard InChI is InChI=1S/C21H23FN6O5S/c22-18-17(8-14(19(18)29)11-33-34(23,31)32)26-21-15(9-24-12-25-21)20(30)16-6-7-28(27-16)10-13-4-2-1-3-5-13/h1-7,9,12,14,17-19,29H,8,10-11H2,(H2,23,31,32)(H,24,25,26)/t14-,17?,18-,19-/m1/s1. The number of nitrogens with zero attached hydrogens (tertiary/aromatic N) is 4. The molecule has 1 aliphatic rings. The van der Waals surface area contributed by atoms with Gasteiger partial charge in [-0.05, 0) is 18.1 Å². The third-order valence-electron chi connectivity index (χ3n) is 5.54. The fourth-order valence-electron chi connectivity index (χ4n) is 3.85. The zero-order chi connectivity index (χ0) is 24.3. The Bertz CT molecular complexity index is 1260. The summed E-state index contributed by atoms with van der Waals surface area (Å²) in [5, 5.41) is 22.1. The Morgan fingerprint density at radius 2 is 2.06 bits per heavy atom. The van der Waals surface area contributed by atoms with Gasteiger partial charge in [-0.2, -0.15) is 13.5 Å². The number of carbonyl (C=O) groups excluding carboxylic acids is 1. The Balaban J connectivity index is 1.47. The molecule has 0 aliphatic heterocycles. The van der Waals surface area contributed by atoms with E-state index < -0.39 is 46.9 Å². The summed E-state index contributed by atoms with van der Waals surface area (Å²) in [6, 6.07) is 10.2. The number of halogens is 1. The minimum atomic E-state index is -4.22. The number of carbonyl (C=O) groups is 1. The molecule has 0 bridgehead atoms. The van der Waals surface area contributed by atoms with E-state index in [1.807, 2.05) is 30.3 Å². The first-order valence-electron chi connectivity index (χ1n) is 10.4. The van der Waals surface area contributed by atoms with Crippen LogP contribution >= 0.6 is 0 Å². The number of hydrogen-bond acceptors (Lipinski definition) is 9. The number of ketones is 1. The smallest absolute Gasteiger partial charge is 0.333 e. The second-order valence-corrected chi connectivity index (χ2v) is 9.18. The van der Waals surface area contributed by atoms with Crippen molar-refractivity contribution in [1.82, 2.24) is 19.7 Å². The second kappa shape index (κ2) is 9.93. The molecule has 4 N–H and O–H groups in total. The van der Waals surface area contributed by atoms with Crippen LogP contribution in [0.5, 0.6) is 0 Å². The molecular formula is C21H23FN6O5S. The Kier molecular flexibility index (Phi) is 6.97. The molecule has 0 spiro atoms. The van der Waals surface area contributed by atoms with Crippen LogP contribution in [-0.4, -0.2) is 64.0 Å². The average molecular weight is 491 g/mol. The number of alkyl halides is 1. The minimum absolute atomic E-state index is 0.0290. The van der Waals surface area contributed by atoms with Crippen LogP contribution in [0, 0.1) is 5.92 Å². The highest BCUT2D eigenvalue weighted by Crippen LogP contribution is 2.32. The molecule has 1 aliphatic carbocycles. The monoisotopic (exact) mass is 490 g/mol. The van der Waals surface area contributed by atoms with Crippen LogP contribution in [0.3, 0.4) is 0 Å². The molecule has 1 unspecified atom stereocenters. The highest BCUT2D eigenvalue weighted by atomic mass is 32.2. The third kappa shape index (κ3) is 5.62. The van der Waals surface area contributed by atoms with Crippen molar-refractivity contribution in [2.75, 3.05) is 11.9 Å². The number of hydrogen-bond donors (Lipinski definition) is 3. The van der Waals surface area contributed by atoms with Crippen LogP contribution in [0.1, 0.15) is 28.0 Å². The summed E-state index contributed by atoms with van der Waals surface area (Å²) in [5.74, 6) is -1.20. The average Bonchev–Trinajstić information content (AvgIpc) is 3.38. The highest BCUT2D eigenvalue weighted by molar-refractivity contribution is 7.84. The fourth-order valence-corrected chi connectivity index (χ4v) is 4.21. The SMILES string of the molecule is NS(=O)(=O)OC[C@H]1CC(Nc2ncncc2C(=O)c2ccn(Cc3ccccc3)n2)[C@@H](F)[C@@H]1O. The maximum absolute atomic E-state index is 14.7. The number of aliphatic hydroxyl groups excluding tert-OH is 1. The Morgan fingerprint density at radius 3 is 2.79 bits per heavy atom. The van der Waals surface area contributed by atoms with Crippen LogP contribution in [0.2, 0.25) is 0 Å². The van der Waals surface area contributed by atoms with Crippen LogP contribution < -0.4 is 10.5 Å². The van der Waals surface area contributed by atoms with Crippen LogP contribution in [0.15, 0.2) is 55.1 Å². The van der Waals surface area contributed by atoms with Crippen molar-refractivity contribution in [3.63, 3.8) is 0 Å². The van der Waals surface area contributed by atoms with Crippen molar-refractivity contribution >= 4 is 21.9 Å². The van der Waals surface area contributed by atoms with Gasteiger partial charge in [0.2, 0.25) is 5.78 Å². The second-order valence-electron chi connectivity index (χ2n) is 7.96. The molecule has 11 nitrogen and oxygen atoms in total. The summed E-state index contributed by atoms with van der Waals surface area (Å²) in [6.07, 6.45) is 0.979. The van der Waals surface area contributed by atoms with Gasteiger partial charge in [0, 0.05) is 18.3 Å². The van der Waals surface area contributed by atoms with Crippen molar-refractivity contribution in [3.05, 3.63) is 71.9 Å². The van der Waals surface area contributed by atoms with Crippen LogP contribution in [-0.2, 0) is 21.0 Å². The molecule has 1 saturated carbocycles. The maximum Gasteiger partial charge on any atom is 0.333 e. The van der Waals surface area contributed by atoms with Gasteiger partial charge in [-0.25, -0.2) is 19.5 Å². The molecule has 1 fully saturated rings. The number of anilines is 1. The van der Waals surface area contributed by atoms with Crippen LogP contribution in [0.25, 0.3) is 0 Å². The Hall–Kier alpha value is -3.26. The quantitative estimate of drug-likeness (QED) is 0.366. The Morgan fingerprint density at radius 1 is 1.29 bits per heavy atom. The summed E-state index contributed by atoms with van der Waals surface area (Å²) >= 11 is 0. The van der Waals surface area contributed by atoms with E-state index in [1.165, 1.54) is 12.5 Å². The summed E-state index contributed by atoms with van der Waals surface area (Å²) < 4.78 is 42.9. The van der Waals surface area contributed by atoms with E-state index in [4.69, 9.17) is 5.14 Å². The molecule has 2 aromatic heterocycles. The summed E-state index contributed by atoms with van der Waals surface area (Å²) in [5.41, 5.74) is 1.26. The molecule has 0 radical (unpaired) electrons. The largest absolute Gasteiger partial charge is 0.390 e. The predicted octanol–water partition coefficient (Wildman–Crippen LogP) is 0.672. The van der Waals surface area contributed by atoms with Gasteiger partial charge in [0.15, 0.2) is 0 Å². The zero-order valence-electron chi connectivity index (χ0n) is 17.9. The molecule has 180 valence electrons. The first-order chi connectivity index (χ1) is 16.2. The van der Waals surface area contributed by atoms with Gasteiger partial charge in [-0.3, -0.25) is 13.7 Å². The zero-order valence-corrected chi connectivity index (χ0v) is 18.7. The first kappa shape index (κ1) is 23.9. The molecule has 1 aromatic carbocycles. The van der Waals surface area contributed by atoms with Crippen molar-refractivity contribution in [1.29, 1.82) is 0 Å². The van der Waals surface area contributed by atoms with Crippen molar-refractivity contribution in [3.8, 4) is 0 Å². The molecule has 13 heteroatoms. The third-order valence-corrected chi connectivity index (χ3v) is 6.00. The topological polar surface area (TPSA) is 162 Å². The van der Waals surface area contributed by atoms with Crippen LogP contribution in [0.4, 0.5) is 10.2 Å². The van der Waals surface area contributed by atoms with Gasteiger partial charge < -0.3 is 10.4 Å². The Labute approximate surface area is 195 Å². The highest BCUT2D eigenvalue weighted by Gasteiger charge is 2.44. The van der Waals surface area contributed by atoms with E-state index in [1.54, 1.807) is 16.9 Å². The lowest BCUT2D eigenvalue weighted by Gasteiger charge is -2.18. The van der Waals surface area contributed by atoms with E-state index in [0.717, 1.165) is 5.56 Å². The molecule has 2 heterocycles. The van der Waals surface area contributed by atoms with Crippen molar-refractivity contribution < 1.29 is 26.9 Å². The van der Waals surface area contributed by atoms with E-state index in [-0.39, 0.29) is 23.5 Å². The predicted molar refractivity (Wildman–Crippen MR) is 119 cm³/mol. The summed E-state index contributed by atoms with van der Waals surface area (Å²) in [7, 11) is -4.22. The molecule has 3 aromatic rings. The maximum atomic E-state index is 14.7. The van der Waals surface area contributed by atoms with Gasteiger partial charge in [0.25, 0.3) is 0 Å². The van der Waals surface area contributed by atoms with Gasteiger partial charge in [0.05, 0.1) is 30.9 Å². The first-order valence-corrected chi connectivity index (χ1v) is 11.9. The molecule has 0 amide bonds. The fraction of sp³-hybridized carbons (Fsp3) is 0.333. The number of nitrogens with two attached hydrogens (primary N) is 1. The van der Waals surface area contributed by atoms with Crippen molar-refractivity contribution in [2.24, 2.45) is 11.1 Å². The number of aliphatic hydroxyl groups is 1. The van der Waals surface area contributed by atoms with Gasteiger partial charge in [0.1, 0.15) is 24.0 Å². The number of aromatic nitrogens is 4. The molecule has 34 heavy (non-hydrogen) atoms. The van der Waals surface area contributed by atoms with E-state index in [0.29, 0.717) is 6.54 Å². The van der Waals surface area contributed by atoms with Gasteiger partial charge >= 0.3 is 10.3 Å². The molecule has 4 atom stereocenters. The lowest BCUT2D eigenvalue weighted by Crippen LogP contribution is -2.33. The summed E-state index contributed by atoms with van der Waals surface area (Å²) in [6.45, 7) is 0.0169. The van der Waals surface area contributed by atoms with Crippen molar-refractivity contribution in [2.45, 2.75) is 31.3 Å². The van der Waals surface area contributed by atoms with Gasteiger partial charge in [-0.15, -0.1) is 0 Å².